The molecule has 3 aromatic rings. The molecule has 1 amide bonds. The molecule has 2 N–H and O–H groups in total. The number of aromatic nitrogens is 1. The fourth-order valence-corrected chi connectivity index (χ4v) is 6.06. The van der Waals surface area contributed by atoms with E-state index in [2.05, 4.69) is 15.2 Å². The second kappa shape index (κ2) is 13.5. The summed E-state index contributed by atoms with van der Waals surface area (Å²) in [7, 11) is 0. The molecular formula is C31H30ClF6N5O3. The van der Waals surface area contributed by atoms with Crippen LogP contribution in [0.4, 0.5) is 37.8 Å². The number of pyridine rings is 1. The standard InChI is InChI=1S/C31H30ClF6N5O3/c32-25-8-5-20(14-24(25)30(33,34)35)23-16-39-27(15-21(23)17-43-9-1-2-26(43)31(36,37)38)40-29(46)19-3-6-22(7-4-19)42-12-10-41(11-13-42)18-28(44)45/h3-8,14-16,26H,1-2,9-13,17-18H2,(H,44,45)(H,39,40,46)/t26-/m0/s1. The van der Waals surface area contributed by atoms with Crippen molar-refractivity contribution in [3.63, 3.8) is 0 Å². The normalized spacial score (nSPS) is 18.2. The Morgan fingerprint density at radius 2 is 1.65 bits per heavy atom. The molecule has 5 rings (SSSR count). The summed E-state index contributed by atoms with van der Waals surface area (Å²) in [6.45, 7) is 2.26. The van der Waals surface area contributed by atoms with Gasteiger partial charge in [0.05, 0.1) is 17.1 Å². The van der Waals surface area contributed by atoms with Gasteiger partial charge in [-0.25, -0.2) is 4.98 Å². The van der Waals surface area contributed by atoms with E-state index < -0.39 is 40.9 Å². The molecule has 246 valence electrons. The van der Waals surface area contributed by atoms with Crippen molar-refractivity contribution < 1.29 is 41.0 Å². The van der Waals surface area contributed by atoms with Gasteiger partial charge in [-0.2, -0.15) is 26.3 Å². The topological polar surface area (TPSA) is 89.0 Å². The Bertz CT molecular complexity index is 1580. The Hall–Kier alpha value is -3.88. The average molecular weight is 670 g/mol. The maximum atomic E-state index is 13.7. The number of alkyl halides is 6. The third-order valence-corrected chi connectivity index (χ3v) is 8.48. The van der Waals surface area contributed by atoms with Crippen LogP contribution in [-0.2, 0) is 17.5 Å². The highest BCUT2D eigenvalue weighted by atomic mass is 35.5. The number of likely N-dealkylation sites (tertiary alicyclic amines) is 1. The summed E-state index contributed by atoms with van der Waals surface area (Å²) in [6, 6.07) is 9.65. The van der Waals surface area contributed by atoms with E-state index in [0.717, 1.165) is 17.8 Å². The van der Waals surface area contributed by atoms with Gasteiger partial charge in [-0.15, -0.1) is 0 Å². The fourth-order valence-electron chi connectivity index (χ4n) is 5.84. The molecule has 0 radical (unpaired) electrons. The number of hydrogen-bond donors (Lipinski definition) is 2. The van der Waals surface area contributed by atoms with Gasteiger partial charge >= 0.3 is 18.3 Å². The van der Waals surface area contributed by atoms with Gasteiger partial charge in [0, 0.05) is 55.7 Å². The number of amides is 1. The number of benzene rings is 2. The smallest absolute Gasteiger partial charge is 0.417 e. The average Bonchev–Trinajstić information content (AvgIpc) is 3.46. The Labute approximate surface area is 265 Å². The molecule has 1 atom stereocenters. The fraction of sp³-hybridized carbons (Fsp3) is 0.387. The number of aliphatic carboxylic acids is 1. The van der Waals surface area contributed by atoms with Crippen molar-refractivity contribution in [3.05, 3.63) is 76.4 Å². The van der Waals surface area contributed by atoms with Gasteiger partial charge in [0.15, 0.2) is 0 Å². The number of halogens is 7. The number of carboxylic acid groups (broad SMARTS) is 1. The molecule has 2 aliphatic rings. The predicted octanol–water partition coefficient (Wildman–Crippen LogP) is 6.41. The monoisotopic (exact) mass is 669 g/mol. The lowest BCUT2D eigenvalue weighted by Crippen LogP contribution is -2.47. The largest absolute Gasteiger partial charge is 0.480 e. The predicted molar refractivity (Wildman–Crippen MR) is 160 cm³/mol. The molecular weight excluding hydrogens is 640 g/mol. The van der Waals surface area contributed by atoms with Crippen molar-refractivity contribution in [2.45, 2.75) is 37.8 Å². The van der Waals surface area contributed by atoms with Gasteiger partial charge in [-0.1, -0.05) is 17.7 Å². The van der Waals surface area contributed by atoms with Crippen LogP contribution in [0.25, 0.3) is 11.1 Å². The summed E-state index contributed by atoms with van der Waals surface area (Å²) >= 11 is 5.79. The minimum Gasteiger partial charge on any atom is -0.480 e. The van der Waals surface area contributed by atoms with Crippen LogP contribution < -0.4 is 10.2 Å². The molecule has 8 nitrogen and oxygen atoms in total. The number of nitrogens with zero attached hydrogens (tertiary/aromatic N) is 4. The summed E-state index contributed by atoms with van der Waals surface area (Å²) in [5.41, 5.74) is 0.552. The molecule has 2 fully saturated rings. The number of anilines is 2. The molecule has 2 aliphatic heterocycles. The van der Waals surface area contributed by atoms with E-state index in [0.29, 0.717) is 32.6 Å². The van der Waals surface area contributed by atoms with E-state index in [-0.39, 0.29) is 54.1 Å². The first-order valence-electron chi connectivity index (χ1n) is 14.5. The molecule has 0 unspecified atom stereocenters. The summed E-state index contributed by atoms with van der Waals surface area (Å²) in [5, 5.41) is 11.1. The van der Waals surface area contributed by atoms with Crippen LogP contribution in [0.3, 0.4) is 0 Å². The van der Waals surface area contributed by atoms with Crippen LogP contribution in [0.2, 0.25) is 5.02 Å². The maximum absolute atomic E-state index is 13.7. The molecule has 46 heavy (non-hydrogen) atoms. The molecule has 1 aromatic heterocycles. The van der Waals surface area contributed by atoms with Crippen molar-refractivity contribution >= 4 is 35.0 Å². The number of hydrogen-bond acceptors (Lipinski definition) is 6. The lowest BCUT2D eigenvalue weighted by Gasteiger charge is -2.35. The number of carboxylic acids is 1. The Kier molecular flexibility index (Phi) is 9.80. The van der Waals surface area contributed by atoms with Crippen molar-refractivity contribution in [2.75, 3.05) is 49.5 Å². The van der Waals surface area contributed by atoms with Crippen molar-refractivity contribution in [3.8, 4) is 11.1 Å². The highest BCUT2D eigenvalue weighted by Gasteiger charge is 2.46. The van der Waals surface area contributed by atoms with E-state index in [1.165, 1.54) is 23.2 Å². The highest BCUT2D eigenvalue weighted by Crippen LogP contribution is 2.39. The first-order chi connectivity index (χ1) is 21.7. The molecule has 2 saturated heterocycles. The maximum Gasteiger partial charge on any atom is 0.417 e. The van der Waals surface area contributed by atoms with Gasteiger partial charge in [0.2, 0.25) is 0 Å². The second-order valence-electron chi connectivity index (χ2n) is 11.2. The van der Waals surface area contributed by atoms with E-state index in [1.54, 1.807) is 24.3 Å². The molecule has 0 bridgehead atoms. The minimum atomic E-state index is -4.75. The number of piperazine rings is 1. The lowest BCUT2D eigenvalue weighted by molar-refractivity contribution is -0.177. The third-order valence-electron chi connectivity index (χ3n) is 8.15. The zero-order valence-corrected chi connectivity index (χ0v) is 25.1. The minimum absolute atomic E-state index is 0.0233. The SMILES string of the molecule is O=C(O)CN1CCN(c2ccc(C(=O)Nc3cc(CN4CCC[C@H]4C(F)(F)F)c(-c4ccc(Cl)c(C(F)(F)F)c4)cn3)cc2)CC1. The second-order valence-corrected chi connectivity index (χ2v) is 11.7. The first-order valence-corrected chi connectivity index (χ1v) is 14.8. The zero-order chi connectivity index (χ0) is 33.2. The van der Waals surface area contributed by atoms with Crippen LogP contribution in [-0.4, -0.2) is 83.3 Å². The summed E-state index contributed by atoms with van der Waals surface area (Å²) < 4.78 is 82.0. The number of carbonyl (C=O) groups excluding carboxylic acids is 1. The number of carbonyl (C=O) groups is 2. The number of rotatable bonds is 8. The van der Waals surface area contributed by atoms with Crippen LogP contribution >= 0.6 is 11.6 Å². The third kappa shape index (κ3) is 7.91. The van der Waals surface area contributed by atoms with Crippen LogP contribution in [0.5, 0.6) is 0 Å². The summed E-state index contributed by atoms with van der Waals surface area (Å²) in [5.74, 6) is -1.40. The quantitative estimate of drug-likeness (QED) is 0.268. The Balaban J connectivity index is 1.37. The lowest BCUT2D eigenvalue weighted by atomic mass is 9.99. The van der Waals surface area contributed by atoms with Crippen molar-refractivity contribution in [1.82, 2.24) is 14.8 Å². The van der Waals surface area contributed by atoms with E-state index in [4.69, 9.17) is 16.7 Å². The molecule has 0 saturated carbocycles. The molecule has 2 aromatic carbocycles. The van der Waals surface area contributed by atoms with Crippen LogP contribution in [0.1, 0.15) is 34.3 Å². The zero-order valence-electron chi connectivity index (χ0n) is 24.3. The molecule has 15 heteroatoms. The highest BCUT2D eigenvalue weighted by molar-refractivity contribution is 6.31. The first kappa shape index (κ1) is 33.5. The van der Waals surface area contributed by atoms with Gasteiger partial charge in [0.25, 0.3) is 5.91 Å². The summed E-state index contributed by atoms with van der Waals surface area (Å²) in [6.07, 6.45) is -7.79. The molecule has 0 aliphatic carbocycles. The molecule has 3 heterocycles. The molecule has 0 spiro atoms. The van der Waals surface area contributed by atoms with Gasteiger partial charge in [-0.3, -0.25) is 19.4 Å². The van der Waals surface area contributed by atoms with Crippen LogP contribution in [0, 0.1) is 0 Å². The number of nitrogens with one attached hydrogen (secondary N) is 1. The van der Waals surface area contributed by atoms with Gasteiger partial charge < -0.3 is 15.3 Å². The van der Waals surface area contributed by atoms with Crippen molar-refractivity contribution in [1.29, 1.82) is 0 Å². The Morgan fingerprint density at radius 1 is 0.957 bits per heavy atom. The summed E-state index contributed by atoms with van der Waals surface area (Å²) in [4.78, 5) is 33.4. The van der Waals surface area contributed by atoms with E-state index in [9.17, 15) is 35.9 Å². The Morgan fingerprint density at radius 3 is 2.28 bits per heavy atom. The van der Waals surface area contributed by atoms with Gasteiger partial charge in [-0.05, 0) is 73.0 Å². The van der Waals surface area contributed by atoms with E-state index in [1.807, 2.05) is 4.90 Å². The van der Waals surface area contributed by atoms with E-state index >= 15 is 0 Å². The van der Waals surface area contributed by atoms with Crippen molar-refractivity contribution in [2.24, 2.45) is 0 Å². The van der Waals surface area contributed by atoms with Crippen LogP contribution in [0.15, 0.2) is 54.7 Å². The van der Waals surface area contributed by atoms with Gasteiger partial charge in [0.1, 0.15) is 11.9 Å².